The number of oxime groups is 1. The van der Waals surface area contributed by atoms with Crippen molar-refractivity contribution in [1.82, 2.24) is 19.5 Å². The van der Waals surface area contributed by atoms with Gasteiger partial charge in [-0.2, -0.15) is 12.7 Å². The minimum atomic E-state index is -5.18. The fourth-order valence-corrected chi connectivity index (χ4v) is 4.82. The van der Waals surface area contributed by atoms with Crippen LogP contribution in [0.4, 0.5) is 5.13 Å². The van der Waals surface area contributed by atoms with E-state index in [0.717, 1.165) is 18.4 Å². The first-order valence-corrected chi connectivity index (χ1v) is 11.2. The molecule has 14 nitrogen and oxygen atoms in total. The molecular weight excluding hydrogens is 480 g/mol. The monoisotopic (exact) mass is 494 g/mol. The van der Waals surface area contributed by atoms with Crippen LogP contribution in [0.15, 0.2) is 34.8 Å². The van der Waals surface area contributed by atoms with Gasteiger partial charge < -0.3 is 15.9 Å². The van der Waals surface area contributed by atoms with Crippen LogP contribution in [0.25, 0.3) is 0 Å². The van der Waals surface area contributed by atoms with Gasteiger partial charge >= 0.3 is 10.3 Å². The molecule has 2 aliphatic rings. The Balaban J connectivity index is 1.68. The van der Waals surface area contributed by atoms with Crippen molar-refractivity contribution < 1.29 is 37.0 Å². The summed E-state index contributed by atoms with van der Waals surface area (Å²) in [7, 11) is -4.03. The molecule has 3 heterocycles. The number of fused-ring (bicyclic) bond motifs is 1. The molecule has 0 aliphatic carbocycles. The van der Waals surface area contributed by atoms with Gasteiger partial charge in [-0.15, -0.1) is 11.3 Å². The summed E-state index contributed by atoms with van der Waals surface area (Å²) >= 11 is 0.999. The fourth-order valence-electron chi connectivity index (χ4n) is 3.44. The number of nitrogens with zero attached hydrogens (tertiary/aromatic N) is 4. The van der Waals surface area contributed by atoms with Crippen LogP contribution in [-0.4, -0.2) is 75.8 Å². The average Bonchev–Trinajstić information content (AvgIpc) is 3.29. The first kappa shape index (κ1) is 22.3. The third-order valence-corrected chi connectivity index (χ3v) is 6.38. The lowest BCUT2D eigenvalue weighted by atomic mass is 10.0. The number of hydrogen-bond donors (Lipinski definition) is 3. The molecular formula is C17H14N6O8S2. The van der Waals surface area contributed by atoms with Gasteiger partial charge in [0.2, 0.25) is 0 Å². The number of amides is 4. The van der Waals surface area contributed by atoms with Crippen molar-refractivity contribution in [3.05, 3.63) is 46.5 Å². The van der Waals surface area contributed by atoms with Crippen LogP contribution in [0.5, 0.6) is 0 Å². The summed E-state index contributed by atoms with van der Waals surface area (Å²) in [6.07, 6.45) is -1.85. The zero-order valence-corrected chi connectivity index (χ0v) is 18.2. The van der Waals surface area contributed by atoms with Crippen LogP contribution in [0.2, 0.25) is 0 Å². The Morgan fingerprint density at radius 2 is 1.85 bits per heavy atom. The minimum Gasteiger partial charge on any atom is -0.398 e. The summed E-state index contributed by atoms with van der Waals surface area (Å²) in [5, 5.41) is 7.27. The summed E-state index contributed by atoms with van der Waals surface area (Å²) in [5.74, 6) is -4.11. The van der Waals surface area contributed by atoms with Crippen LogP contribution in [0.1, 0.15) is 26.4 Å². The number of hydrogen-bond acceptors (Lipinski definition) is 11. The number of nitrogens with one attached hydrogen (secondary N) is 1. The first-order chi connectivity index (χ1) is 15.6. The van der Waals surface area contributed by atoms with E-state index in [2.05, 4.69) is 20.3 Å². The Morgan fingerprint density at radius 1 is 1.24 bits per heavy atom. The van der Waals surface area contributed by atoms with Gasteiger partial charge in [-0.05, 0) is 12.1 Å². The second kappa shape index (κ2) is 7.91. The van der Waals surface area contributed by atoms with Crippen molar-refractivity contribution in [2.24, 2.45) is 5.16 Å². The van der Waals surface area contributed by atoms with Crippen LogP contribution in [0.3, 0.4) is 0 Å². The number of anilines is 1. The molecule has 0 radical (unpaired) electrons. The highest BCUT2D eigenvalue weighted by Crippen LogP contribution is 2.33. The van der Waals surface area contributed by atoms with Gasteiger partial charge in [-0.25, -0.2) is 9.88 Å². The standard InChI is InChI=1S/C17H14N6O8S2/c1-31-21-10(9-6-32-17(18)19-9)12(24)20-11-13(23(16(11)27)33(28,29)30)22-14(25)7-4-2-3-5-8(7)15(22)26/h2-6,11,13H,1H3,(H2,18,19)(H,20,24)(H,28,29,30)/t11-,13-/m0/s1. The Bertz CT molecular complexity index is 1300. The lowest BCUT2D eigenvalue weighted by Gasteiger charge is -2.47. The number of imide groups is 1. The molecule has 1 aromatic carbocycles. The van der Waals surface area contributed by atoms with Gasteiger partial charge in [-0.3, -0.25) is 23.7 Å². The van der Waals surface area contributed by atoms with Gasteiger partial charge in [0, 0.05) is 5.38 Å². The van der Waals surface area contributed by atoms with Crippen molar-refractivity contribution >= 4 is 56.1 Å². The molecule has 16 heteroatoms. The van der Waals surface area contributed by atoms with Crippen LogP contribution < -0.4 is 11.1 Å². The van der Waals surface area contributed by atoms with Gasteiger partial charge in [0.15, 0.2) is 23.1 Å². The second-order valence-corrected chi connectivity index (χ2v) is 8.87. The Kier molecular flexibility index (Phi) is 5.35. The Labute approximate surface area is 189 Å². The van der Waals surface area contributed by atoms with E-state index in [9.17, 15) is 32.1 Å². The summed E-state index contributed by atoms with van der Waals surface area (Å²) < 4.78 is 33.0. The maximum Gasteiger partial charge on any atom is 0.364 e. The smallest absolute Gasteiger partial charge is 0.364 e. The molecule has 0 bridgehead atoms. The molecule has 2 aliphatic heterocycles. The molecule has 4 N–H and O–H groups in total. The normalized spacial score (nSPS) is 20.5. The number of carbonyl (C=O) groups excluding carboxylic acids is 4. The molecule has 4 amide bonds. The topological polar surface area (TPSA) is 202 Å². The first-order valence-electron chi connectivity index (χ1n) is 8.97. The highest BCUT2D eigenvalue weighted by atomic mass is 32.2. The molecule has 4 rings (SSSR count). The molecule has 33 heavy (non-hydrogen) atoms. The largest absolute Gasteiger partial charge is 0.398 e. The van der Waals surface area contributed by atoms with E-state index in [1.54, 1.807) is 0 Å². The van der Waals surface area contributed by atoms with Gasteiger partial charge in [-0.1, -0.05) is 17.3 Å². The van der Waals surface area contributed by atoms with Gasteiger partial charge in [0.25, 0.3) is 23.6 Å². The Morgan fingerprint density at radius 3 is 2.33 bits per heavy atom. The van der Waals surface area contributed by atoms with E-state index in [-0.39, 0.29) is 26.3 Å². The zero-order chi connectivity index (χ0) is 24.1. The van der Waals surface area contributed by atoms with E-state index in [1.807, 2.05) is 0 Å². The summed E-state index contributed by atoms with van der Waals surface area (Å²) in [6, 6.07) is 3.97. The number of thiazole rings is 1. The second-order valence-electron chi connectivity index (χ2n) is 6.70. The lowest BCUT2D eigenvalue weighted by Crippen LogP contribution is -2.77. The number of nitrogen functional groups attached to an aromatic ring is 1. The maximum atomic E-state index is 12.8. The van der Waals surface area contributed by atoms with Gasteiger partial charge in [0.05, 0.1) is 11.1 Å². The van der Waals surface area contributed by atoms with Crippen molar-refractivity contribution in [1.29, 1.82) is 0 Å². The fraction of sp³-hybridized carbons (Fsp3) is 0.176. The molecule has 1 saturated heterocycles. The van der Waals surface area contributed by atoms with Crippen molar-refractivity contribution in [2.45, 2.75) is 12.2 Å². The Hall–Kier alpha value is -3.89. The number of carbonyl (C=O) groups is 4. The minimum absolute atomic E-state index is 0.00698. The molecule has 0 spiro atoms. The number of nitrogens with two attached hydrogens (primary N) is 1. The molecule has 2 atom stereocenters. The average molecular weight is 494 g/mol. The lowest BCUT2D eigenvalue weighted by molar-refractivity contribution is -0.149. The highest BCUT2D eigenvalue weighted by molar-refractivity contribution is 7.84. The molecule has 1 aromatic heterocycles. The molecule has 0 unspecified atom stereocenters. The van der Waals surface area contributed by atoms with Crippen molar-refractivity contribution in [3.63, 3.8) is 0 Å². The SMILES string of the molecule is CON=C(C(=O)N[C@@H]1C(=O)N(S(=O)(=O)O)[C@@H]1N1C(=O)c2ccccc2C1=O)c1csc(N)n1. The quantitative estimate of drug-likeness (QED) is 0.144. The molecule has 0 saturated carbocycles. The van der Waals surface area contributed by atoms with E-state index >= 15 is 0 Å². The molecule has 172 valence electrons. The predicted molar refractivity (Wildman–Crippen MR) is 111 cm³/mol. The summed E-state index contributed by atoms with van der Waals surface area (Å²) in [6.45, 7) is 0. The van der Waals surface area contributed by atoms with E-state index in [0.29, 0.717) is 4.90 Å². The van der Waals surface area contributed by atoms with Gasteiger partial charge in [0.1, 0.15) is 12.8 Å². The number of aromatic nitrogens is 1. The third-order valence-electron chi connectivity index (χ3n) is 4.81. The van der Waals surface area contributed by atoms with Crippen molar-refractivity contribution in [3.8, 4) is 0 Å². The molecule has 1 fully saturated rings. The zero-order valence-electron chi connectivity index (χ0n) is 16.5. The van der Waals surface area contributed by atoms with Crippen LogP contribution >= 0.6 is 11.3 Å². The summed E-state index contributed by atoms with van der Waals surface area (Å²) in [5.41, 5.74) is 5.12. The molecule has 2 aromatic rings. The third kappa shape index (κ3) is 3.59. The van der Waals surface area contributed by atoms with Crippen LogP contribution in [-0.2, 0) is 24.7 Å². The van der Waals surface area contributed by atoms with E-state index in [4.69, 9.17) is 5.73 Å². The number of β-lactam (4-membered cyclic amide) rings is 1. The maximum absolute atomic E-state index is 12.8. The predicted octanol–water partition coefficient (Wildman–Crippen LogP) is -1.17. The number of benzene rings is 1. The van der Waals surface area contributed by atoms with E-state index < -0.39 is 51.9 Å². The van der Waals surface area contributed by atoms with E-state index in [1.165, 1.54) is 29.6 Å². The van der Waals surface area contributed by atoms with Crippen molar-refractivity contribution in [2.75, 3.05) is 12.8 Å². The summed E-state index contributed by atoms with van der Waals surface area (Å²) in [4.78, 5) is 60.0. The van der Waals surface area contributed by atoms with Crippen LogP contribution in [0, 0.1) is 0 Å². The highest BCUT2D eigenvalue weighted by Gasteiger charge is 2.61. The number of rotatable bonds is 6.